The second kappa shape index (κ2) is 6.08. The van der Waals surface area contributed by atoms with E-state index >= 15 is 0 Å². The molecule has 4 N–H and O–H groups in total. The number of rotatable bonds is 4. The van der Waals surface area contributed by atoms with Crippen LogP contribution >= 0.6 is 11.3 Å². The molecule has 1 aliphatic rings. The van der Waals surface area contributed by atoms with E-state index in [-0.39, 0.29) is 23.4 Å². The lowest BCUT2D eigenvalue weighted by Gasteiger charge is -2.16. The second-order valence-electron chi connectivity index (χ2n) is 4.82. The third kappa shape index (κ3) is 3.48. The van der Waals surface area contributed by atoms with Gasteiger partial charge in [0.1, 0.15) is 9.88 Å². The molecule has 0 spiro atoms. The molecule has 0 radical (unpaired) electrons. The summed E-state index contributed by atoms with van der Waals surface area (Å²) in [4.78, 5) is 39.7. The van der Waals surface area contributed by atoms with Gasteiger partial charge in [0.15, 0.2) is 0 Å². The van der Waals surface area contributed by atoms with Gasteiger partial charge in [0.05, 0.1) is 18.2 Å². The van der Waals surface area contributed by atoms with Gasteiger partial charge in [-0.3, -0.25) is 4.79 Å². The minimum Gasteiger partial charge on any atom is -0.477 e. The maximum atomic E-state index is 11.9. The highest BCUT2D eigenvalue weighted by Gasteiger charge is 2.29. The molecule has 1 saturated heterocycles. The number of carboxylic acids is 1. The van der Waals surface area contributed by atoms with Gasteiger partial charge in [-0.1, -0.05) is 0 Å². The molecule has 2 heterocycles. The fraction of sp³-hybridized carbons (Fsp3) is 0.500. The van der Waals surface area contributed by atoms with Crippen LogP contribution in [-0.2, 0) is 11.3 Å². The molecule has 1 aromatic rings. The van der Waals surface area contributed by atoms with Gasteiger partial charge in [0.25, 0.3) is 0 Å². The first kappa shape index (κ1) is 15.2. The van der Waals surface area contributed by atoms with Crippen molar-refractivity contribution in [2.45, 2.75) is 19.9 Å². The van der Waals surface area contributed by atoms with Crippen LogP contribution in [0.15, 0.2) is 0 Å². The zero-order valence-electron chi connectivity index (χ0n) is 11.5. The van der Waals surface area contributed by atoms with E-state index in [1.165, 1.54) is 4.90 Å². The molecular weight excluding hydrogens is 296 g/mol. The third-order valence-corrected chi connectivity index (χ3v) is 4.45. The van der Waals surface area contributed by atoms with Crippen molar-refractivity contribution in [3.8, 4) is 0 Å². The molecule has 1 aromatic heterocycles. The number of carbonyl (C=O) groups is 3. The molecule has 1 fully saturated rings. The molecule has 3 amide bonds. The highest BCUT2D eigenvalue weighted by molar-refractivity contribution is 7.13. The number of urea groups is 1. The number of nitrogens with two attached hydrogens (primary N) is 1. The molecule has 2 rings (SSSR count). The van der Waals surface area contributed by atoms with Crippen LogP contribution in [0, 0.1) is 12.8 Å². The Kier molecular flexibility index (Phi) is 4.41. The van der Waals surface area contributed by atoms with E-state index in [1.807, 2.05) is 0 Å². The minimum atomic E-state index is -1.02. The van der Waals surface area contributed by atoms with Gasteiger partial charge in [0.2, 0.25) is 5.91 Å². The highest BCUT2D eigenvalue weighted by Crippen LogP contribution is 2.18. The fourth-order valence-corrected chi connectivity index (χ4v) is 3.01. The van der Waals surface area contributed by atoms with Gasteiger partial charge in [0, 0.05) is 13.1 Å². The quantitative estimate of drug-likeness (QED) is 0.730. The first-order chi connectivity index (χ1) is 9.88. The monoisotopic (exact) mass is 312 g/mol. The van der Waals surface area contributed by atoms with Gasteiger partial charge in [-0.15, -0.1) is 11.3 Å². The van der Waals surface area contributed by atoms with Gasteiger partial charge >= 0.3 is 12.0 Å². The third-order valence-electron chi connectivity index (χ3n) is 3.30. The molecule has 21 heavy (non-hydrogen) atoms. The van der Waals surface area contributed by atoms with Crippen molar-refractivity contribution >= 4 is 29.2 Å². The van der Waals surface area contributed by atoms with Crippen LogP contribution in [0.1, 0.15) is 26.8 Å². The van der Waals surface area contributed by atoms with Crippen LogP contribution in [-0.4, -0.2) is 46.0 Å². The topological polar surface area (TPSA) is 126 Å². The molecule has 9 heteroatoms. The minimum absolute atomic E-state index is 0.162. The summed E-state index contributed by atoms with van der Waals surface area (Å²) in [6, 6.07) is -0.302. The van der Waals surface area contributed by atoms with Gasteiger partial charge in [-0.05, 0) is 13.3 Å². The predicted molar refractivity (Wildman–Crippen MR) is 74.9 cm³/mol. The normalized spacial score (nSPS) is 17.8. The lowest BCUT2D eigenvalue weighted by molar-refractivity contribution is -0.121. The molecule has 1 atom stereocenters. The summed E-state index contributed by atoms with van der Waals surface area (Å²) < 4.78 is 0. The first-order valence-electron chi connectivity index (χ1n) is 6.40. The van der Waals surface area contributed by atoms with E-state index in [0.717, 1.165) is 11.3 Å². The van der Waals surface area contributed by atoms with Crippen molar-refractivity contribution in [1.29, 1.82) is 0 Å². The molecule has 0 saturated carbocycles. The van der Waals surface area contributed by atoms with Crippen molar-refractivity contribution in [3.63, 3.8) is 0 Å². The number of nitrogens with zero attached hydrogens (tertiary/aromatic N) is 2. The molecule has 1 unspecified atom stereocenters. The Labute approximate surface area is 124 Å². The van der Waals surface area contributed by atoms with Gasteiger partial charge < -0.3 is 21.1 Å². The van der Waals surface area contributed by atoms with Crippen molar-refractivity contribution < 1.29 is 19.5 Å². The Morgan fingerprint density at radius 3 is 2.76 bits per heavy atom. The fourth-order valence-electron chi connectivity index (χ4n) is 2.17. The Balaban J connectivity index is 1.89. The maximum Gasteiger partial charge on any atom is 0.347 e. The summed E-state index contributed by atoms with van der Waals surface area (Å²) in [6.07, 6.45) is 0.572. The van der Waals surface area contributed by atoms with Gasteiger partial charge in [-0.25, -0.2) is 14.6 Å². The number of carboxylic acid groups (broad SMARTS) is 1. The summed E-state index contributed by atoms with van der Waals surface area (Å²) in [7, 11) is 0. The lowest BCUT2D eigenvalue weighted by atomic mass is 10.1. The molecule has 8 nitrogen and oxygen atoms in total. The smallest absolute Gasteiger partial charge is 0.347 e. The van der Waals surface area contributed by atoms with Crippen molar-refractivity contribution in [2.75, 3.05) is 13.1 Å². The number of thiazole rings is 1. The molecule has 114 valence electrons. The summed E-state index contributed by atoms with van der Waals surface area (Å²) in [5, 5.41) is 12.1. The van der Waals surface area contributed by atoms with Crippen molar-refractivity contribution in [1.82, 2.24) is 15.2 Å². The molecule has 0 aromatic carbocycles. The zero-order valence-corrected chi connectivity index (χ0v) is 12.3. The maximum absolute atomic E-state index is 11.9. The van der Waals surface area contributed by atoms with E-state index in [4.69, 9.17) is 10.8 Å². The number of hydrogen-bond donors (Lipinski definition) is 3. The van der Waals surface area contributed by atoms with E-state index in [9.17, 15) is 14.4 Å². The van der Waals surface area contributed by atoms with Crippen LogP contribution in [0.3, 0.4) is 0 Å². The number of aromatic carboxylic acids is 1. The lowest BCUT2D eigenvalue weighted by Crippen LogP contribution is -2.39. The number of amides is 3. The number of hydrogen-bond acceptors (Lipinski definition) is 5. The molecule has 0 bridgehead atoms. The standard InChI is InChI=1S/C12H16N4O4S/c1-6-9(11(18)19)21-8(15-6)4-14-12(20)16-3-2-7(5-16)10(13)17/h7H,2-5H2,1H3,(H2,13,17)(H,14,20)(H,18,19). The highest BCUT2D eigenvalue weighted by atomic mass is 32.1. The van der Waals surface area contributed by atoms with Gasteiger partial charge in [-0.2, -0.15) is 0 Å². The van der Waals surface area contributed by atoms with E-state index in [1.54, 1.807) is 6.92 Å². The SMILES string of the molecule is Cc1nc(CNC(=O)N2CCC(C(N)=O)C2)sc1C(=O)O. The number of primary amides is 1. The Morgan fingerprint density at radius 2 is 2.24 bits per heavy atom. The summed E-state index contributed by atoms with van der Waals surface area (Å²) in [5.41, 5.74) is 5.65. The average molecular weight is 312 g/mol. The van der Waals surface area contributed by atoms with E-state index in [2.05, 4.69) is 10.3 Å². The molecule has 0 aliphatic carbocycles. The summed E-state index contributed by atoms with van der Waals surface area (Å²) in [6.45, 7) is 2.58. The van der Waals surface area contributed by atoms with Crippen molar-refractivity contribution in [2.24, 2.45) is 11.7 Å². The Bertz CT molecular complexity index is 586. The van der Waals surface area contributed by atoms with Crippen LogP contribution < -0.4 is 11.1 Å². The zero-order chi connectivity index (χ0) is 15.6. The Morgan fingerprint density at radius 1 is 1.52 bits per heavy atom. The number of aromatic nitrogens is 1. The largest absolute Gasteiger partial charge is 0.477 e. The van der Waals surface area contributed by atoms with Crippen LogP contribution in [0.4, 0.5) is 4.79 Å². The number of aryl methyl sites for hydroxylation is 1. The molecular formula is C12H16N4O4S. The summed E-state index contributed by atoms with van der Waals surface area (Å²) in [5.74, 6) is -1.71. The Hall–Kier alpha value is -2.16. The van der Waals surface area contributed by atoms with Crippen LogP contribution in [0.25, 0.3) is 0 Å². The number of nitrogens with one attached hydrogen (secondary N) is 1. The van der Waals surface area contributed by atoms with Crippen LogP contribution in [0.2, 0.25) is 0 Å². The second-order valence-corrected chi connectivity index (χ2v) is 5.90. The summed E-state index contributed by atoms with van der Waals surface area (Å²) >= 11 is 1.04. The first-order valence-corrected chi connectivity index (χ1v) is 7.21. The number of likely N-dealkylation sites (tertiary alicyclic amines) is 1. The molecule has 1 aliphatic heterocycles. The number of carbonyl (C=O) groups excluding carboxylic acids is 2. The van der Waals surface area contributed by atoms with E-state index in [0.29, 0.717) is 30.2 Å². The predicted octanol–water partition coefficient (Wildman–Crippen LogP) is 0.167. The van der Waals surface area contributed by atoms with E-state index < -0.39 is 11.9 Å². The average Bonchev–Trinajstić information content (AvgIpc) is 3.02. The van der Waals surface area contributed by atoms with Crippen LogP contribution in [0.5, 0.6) is 0 Å². The van der Waals surface area contributed by atoms with Crippen molar-refractivity contribution in [3.05, 3.63) is 15.6 Å².